The molecule has 0 saturated carbocycles. The molecule has 0 bridgehead atoms. The van der Waals surface area contributed by atoms with Crippen molar-refractivity contribution >= 4 is 33.3 Å². The van der Waals surface area contributed by atoms with Gasteiger partial charge in [0.2, 0.25) is 5.95 Å². The topological polar surface area (TPSA) is 110 Å². The fourth-order valence-corrected chi connectivity index (χ4v) is 4.58. The summed E-state index contributed by atoms with van der Waals surface area (Å²) >= 11 is 0. The van der Waals surface area contributed by atoms with Gasteiger partial charge in [0, 0.05) is 17.8 Å². The normalized spacial score (nSPS) is 18.1. The zero-order chi connectivity index (χ0) is 19.4. The van der Waals surface area contributed by atoms with E-state index in [1.807, 2.05) is 13.0 Å². The van der Waals surface area contributed by atoms with Crippen LogP contribution < -0.4 is 10.6 Å². The number of nitrogens with one attached hydrogen (secondary N) is 2. The molecule has 2 heterocycles. The van der Waals surface area contributed by atoms with E-state index in [1.165, 1.54) is 0 Å². The number of para-hydroxylation sites is 1. The molecule has 1 aromatic heterocycles. The Hall–Kier alpha value is -2.68. The summed E-state index contributed by atoms with van der Waals surface area (Å²) in [6.45, 7) is 3.86. The number of benzene rings is 1. The van der Waals surface area contributed by atoms with Crippen LogP contribution in [0.5, 0.6) is 0 Å². The van der Waals surface area contributed by atoms with Gasteiger partial charge in [0.25, 0.3) is 0 Å². The van der Waals surface area contributed by atoms with Gasteiger partial charge in [-0.2, -0.15) is 4.98 Å². The molecule has 0 amide bonds. The average molecular weight is 390 g/mol. The van der Waals surface area contributed by atoms with Gasteiger partial charge in [-0.25, -0.2) is 18.2 Å². The quantitative estimate of drug-likeness (QED) is 0.723. The minimum atomic E-state index is -2.99. The molecule has 1 fully saturated rings. The molecule has 2 N–H and O–H groups in total. The van der Waals surface area contributed by atoms with Crippen LogP contribution in [-0.4, -0.2) is 48.5 Å². The fraction of sp³-hybridized carbons (Fsp3) is 0.389. The fourth-order valence-electron chi connectivity index (χ4n) is 2.91. The minimum absolute atomic E-state index is 0.0821. The second-order valence-corrected chi connectivity index (χ2v) is 8.58. The number of hydrogen-bond donors (Lipinski definition) is 2. The third-order valence-corrected chi connectivity index (χ3v) is 5.87. The maximum atomic E-state index is 12.1. The molecule has 27 heavy (non-hydrogen) atoms. The van der Waals surface area contributed by atoms with Crippen LogP contribution >= 0.6 is 0 Å². The lowest BCUT2D eigenvalue weighted by molar-refractivity contribution is 0.0527. The molecule has 1 aliphatic rings. The number of sulfone groups is 1. The summed E-state index contributed by atoms with van der Waals surface area (Å²) < 4.78 is 28.3. The molecule has 9 heteroatoms. The lowest BCUT2D eigenvalue weighted by Gasteiger charge is -2.14. The Balaban J connectivity index is 1.80. The SMILES string of the molecule is CCOC(=O)c1ccccc1Nc1cc(C)nc(NC2CCS(=O)(=O)C2)n1. The number of rotatable bonds is 6. The first-order valence-corrected chi connectivity index (χ1v) is 10.5. The lowest BCUT2D eigenvalue weighted by Crippen LogP contribution is -2.22. The summed E-state index contributed by atoms with van der Waals surface area (Å²) in [6, 6.07) is 8.56. The molecule has 1 saturated heterocycles. The summed E-state index contributed by atoms with van der Waals surface area (Å²) in [5.74, 6) is 0.699. The Morgan fingerprint density at radius 1 is 1.30 bits per heavy atom. The van der Waals surface area contributed by atoms with E-state index in [0.717, 1.165) is 0 Å². The largest absolute Gasteiger partial charge is 0.462 e. The molecule has 0 spiro atoms. The van der Waals surface area contributed by atoms with Crippen molar-refractivity contribution < 1.29 is 17.9 Å². The summed E-state index contributed by atoms with van der Waals surface area (Å²) in [6.07, 6.45) is 0.536. The average Bonchev–Trinajstić information content (AvgIpc) is 2.93. The molecule has 0 radical (unpaired) electrons. The van der Waals surface area contributed by atoms with Crippen LogP contribution in [0.15, 0.2) is 30.3 Å². The van der Waals surface area contributed by atoms with E-state index in [4.69, 9.17) is 4.74 Å². The molecule has 0 aliphatic carbocycles. The predicted molar refractivity (Wildman–Crippen MR) is 103 cm³/mol. The second kappa shape index (κ2) is 7.91. The van der Waals surface area contributed by atoms with E-state index in [9.17, 15) is 13.2 Å². The van der Waals surface area contributed by atoms with Crippen molar-refractivity contribution in [1.29, 1.82) is 0 Å². The van der Waals surface area contributed by atoms with Crippen LogP contribution in [0, 0.1) is 6.92 Å². The van der Waals surface area contributed by atoms with Crippen LogP contribution in [-0.2, 0) is 14.6 Å². The van der Waals surface area contributed by atoms with Crippen LogP contribution in [0.25, 0.3) is 0 Å². The Labute approximate surface area is 158 Å². The van der Waals surface area contributed by atoms with Gasteiger partial charge in [-0.05, 0) is 32.4 Å². The van der Waals surface area contributed by atoms with Gasteiger partial charge in [-0.15, -0.1) is 0 Å². The van der Waals surface area contributed by atoms with Crippen LogP contribution in [0.4, 0.5) is 17.5 Å². The molecule has 3 rings (SSSR count). The highest BCUT2D eigenvalue weighted by atomic mass is 32.2. The van der Waals surface area contributed by atoms with E-state index >= 15 is 0 Å². The van der Waals surface area contributed by atoms with Gasteiger partial charge in [-0.3, -0.25) is 0 Å². The van der Waals surface area contributed by atoms with Gasteiger partial charge in [-0.1, -0.05) is 12.1 Å². The van der Waals surface area contributed by atoms with Crippen molar-refractivity contribution in [3.63, 3.8) is 0 Å². The standard InChI is InChI=1S/C18H22N4O4S/c1-3-26-17(23)14-6-4-5-7-15(14)21-16-10-12(2)19-18(22-16)20-13-8-9-27(24,25)11-13/h4-7,10,13H,3,8-9,11H2,1-2H3,(H2,19,20,21,22). The molecule has 1 aromatic carbocycles. The minimum Gasteiger partial charge on any atom is -0.462 e. The first kappa shape index (κ1) is 19.1. The first-order chi connectivity index (χ1) is 12.9. The highest BCUT2D eigenvalue weighted by molar-refractivity contribution is 7.91. The lowest BCUT2D eigenvalue weighted by atomic mass is 10.2. The Bertz CT molecular complexity index is 946. The number of carbonyl (C=O) groups excluding carboxylic acids is 1. The molecule has 144 valence electrons. The van der Waals surface area contributed by atoms with Crippen LogP contribution in [0.3, 0.4) is 0 Å². The molecule has 1 unspecified atom stereocenters. The Morgan fingerprint density at radius 3 is 2.78 bits per heavy atom. The summed E-state index contributed by atoms with van der Waals surface area (Å²) in [7, 11) is -2.99. The highest BCUT2D eigenvalue weighted by Gasteiger charge is 2.28. The van der Waals surface area contributed by atoms with Gasteiger partial charge >= 0.3 is 5.97 Å². The zero-order valence-corrected chi connectivity index (χ0v) is 16.0. The number of esters is 1. The Kier molecular flexibility index (Phi) is 5.59. The highest BCUT2D eigenvalue weighted by Crippen LogP contribution is 2.22. The van der Waals surface area contributed by atoms with Crippen molar-refractivity contribution in [3.05, 3.63) is 41.6 Å². The molecular weight excluding hydrogens is 368 g/mol. The molecule has 2 aromatic rings. The summed E-state index contributed by atoms with van der Waals surface area (Å²) in [5, 5.41) is 6.21. The number of anilines is 3. The van der Waals surface area contributed by atoms with E-state index in [2.05, 4.69) is 20.6 Å². The third-order valence-electron chi connectivity index (χ3n) is 4.11. The molecule has 1 aliphatic heterocycles. The number of aromatic nitrogens is 2. The smallest absolute Gasteiger partial charge is 0.340 e. The number of carbonyl (C=O) groups is 1. The maximum absolute atomic E-state index is 12.1. The predicted octanol–water partition coefficient (Wildman–Crippen LogP) is 2.30. The number of aryl methyl sites for hydroxylation is 1. The zero-order valence-electron chi connectivity index (χ0n) is 15.2. The molecule has 1 atom stereocenters. The third kappa shape index (κ3) is 4.94. The molecular formula is C18H22N4O4S. The maximum Gasteiger partial charge on any atom is 0.340 e. The van der Waals surface area contributed by atoms with Crippen molar-refractivity contribution in [1.82, 2.24) is 9.97 Å². The van der Waals surface area contributed by atoms with Gasteiger partial charge < -0.3 is 15.4 Å². The number of ether oxygens (including phenoxy) is 1. The summed E-state index contributed by atoms with van der Waals surface area (Å²) in [5.41, 5.74) is 1.69. The van der Waals surface area contributed by atoms with Gasteiger partial charge in [0.1, 0.15) is 5.82 Å². The summed E-state index contributed by atoms with van der Waals surface area (Å²) in [4.78, 5) is 20.8. The van der Waals surface area contributed by atoms with Gasteiger partial charge in [0.15, 0.2) is 9.84 Å². The van der Waals surface area contributed by atoms with E-state index in [1.54, 1.807) is 31.2 Å². The van der Waals surface area contributed by atoms with Crippen molar-refractivity contribution in [2.75, 3.05) is 28.7 Å². The first-order valence-electron chi connectivity index (χ1n) is 8.72. The number of nitrogens with zero attached hydrogens (tertiary/aromatic N) is 2. The molecule has 8 nitrogen and oxygen atoms in total. The van der Waals surface area contributed by atoms with Crippen LogP contribution in [0.2, 0.25) is 0 Å². The number of hydrogen-bond acceptors (Lipinski definition) is 8. The van der Waals surface area contributed by atoms with E-state index < -0.39 is 15.8 Å². The van der Waals surface area contributed by atoms with E-state index in [-0.39, 0.29) is 24.2 Å². The van der Waals surface area contributed by atoms with E-state index in [0.29, 0.717) is 35.1 Å². The van der Waals surface area contributed by atoms with Crippen molar-refractivity contribution in [2.45, 2.75) is 26.3 Å². The van der Waals surface area contributed by atoms with Crippen molar-refractivity contribution in [3.8, 4) is 0 Å². The van der Waals surface area contributed by atoms with Crippen LogP contribution in [0.1, 0.15) is 29.4 Å². The second-order valence-electron chi connectivity index (χ2n) is 6.35. The van der Waals surface area contributed by atoms with Gasteiger partial charge in [0.05, 0.1) is 29.4 Å². The monoisotopic (exact) mass is 390 g/mol. The van der Waals surface area contributed by atoms with Crippen molar-refractivity contribution in [2.24, 2.45) is 0 Å². The Morgan fingerprint density at radius 2 is 2.07 bits per heavy atom.